The number of hydrogen-bond donors (Lipinski definition) is 8. The van der Waals surface area contributed by atoms with Gasteiger partial charge in [0.1, 0.15) is 18.7 Å². The average molecular weight is 1080 g/mol. The number of aliphatic imine (C=N–C) groups is 2. The van der Waals surface area contributed by atoms with Gasteiger partial charge in [0.2, 0.25) is 23.3 Å². The molecule has 6 atom stereocenters. The van der Waals surface area contributed by atoms with E-state index in [0.717, 1.165) is 5.57 Å². The number of unbranched alkanes of at least 4 members (excludes halogenated alkanes) is 1. The van der Waals surface area contributed by atoms with Crippen molar-refractivity contribution in [2.75, 3.05) is 18.4 Å². The molecule has 0 bridgehead atoms. The second-order valence-corrected chi connectivity index (χ2v) is 20.0. The number of esters is 2. The molecule has 406 valence electrons. The molecule has 0 spiro atoms. The molecular formula is C57H63N11O9S. The Morgan fingerprint density at radius 1 is 0.897 bits per heavy atom. The lowest BCUT2D eigenvalue weighted by Crippen LogP contribution is -2.56. The molecule has 0 radical (unpaired) electrons. The number of nitrogens with one attached hydrogen (secondary N) is 6. The summed E-state index contributed by atoms with van der Waals surface area (Å²) < 4.78 is 13.4. The van der Waals surface area contributed by atoms with Crippen molar-refractivity contribution in [1.29, 1.82) is 0 Å². The summed E-state index contributed by atoms with van der Waals surface area (Å²) in [5.41, 5.74) is 13.0. The van der Waals surface area contributed by atoms with Crippen molar-refractivity contribution in [2.24, 2.45) is 33.3 Å². The zero-order valence-electron chi connectivity index (χ0n) is 43.5. The molecule has 1 aromatic heterocycles. The number of nitrogens with zero attached hydrogens (tertiary/aromatic N) is 3. The van der Waals surface area contributed by atoms with Gasteiger partial charge < -0.3 is 57.4 Å². The van der Waals surface area contributed by atoms with E-state index < -0.39 is 59.3 Å². The monoisotopic (exact) mass is 1080 g/mol. The van der Waals surface area contributed by atoms with Gasteiger partial charge in [0, 0.05) is 29.3 Å². The van der Waals surface area contributed by atoms with Gasteiger partial charge in [-0.15, -0.1) is 0 Å². The summed E-state index contributed by atoms with van der Waals surface area (Å²) in [7, 11) is 0. The maximum atomic E-state index is 14.5. The van der Waals surface area contributed by atoms with E-state index in [4.69, 9.17) is 38.2 Å². The number of benzene rings is 3. The van der Waals surface area contributed by atoms with Crippen LogP contribution >= 0.6 is 12.2 Å². The average Bonchev–Trinajstić information content (AvgIpc) is 3.78. The highest BCUT2D eigenvalue weighted by atomic mass is 32.1. The number of rotatable bonds is 21. The van der Waals surface area contributed by atoms with Crippen LogP contribution in [0.15, 0.2) is 142 Å². The van der Waals surface area contributed by atoms with E-state index in [1.165, 1.54) is 6.07 Å². The fourth-order valence-electron chi connectivity index (χ4n) is 9.75. The number of thiocarbonyl (C=S) groups is 1. The standard InChI is InChI=1S/C57H63N11O9S/c1-4-57(41-28-45-49-37(26-35-18-11-12-23-42(35)65-49)31-68(45)52(73)40(41)32-76-54(57)75)77-53(74)48(33(2)3)67-51(72)43(66-56(78)63-38-20-9-6-10-21-38)24-13-14-25-60-46(69)29-44(34-16-7-5-8-17-34)64-47(70)30-61-50(71)36-19-15-22-39(27-36)62-55(58)59/h5-12,15-23,26-28,33,35,42-44,48H,4,13-14,24-25,29-32H2,1-3H3,(H,60,69)(H,61,71)(H,64,70)(H,67,72)(H4,58,59,62)(H2,63,66,78)/t35?,42?,43-,44?,48-,57-/m0/s1. The predicted molar refractivity (Wildman–Crippen MR) is 298 cm³/mol. The third-order valence-electron chi connectivity index (χ3n) is 13.8. The van der Waals surface area contributed by atoms with Crippen molar-refractivity contribution in [3.63, 3.8) is 0 Å². The summed E-state index contributed by atoms with van der Waals surface area (Å²) in [6.07, 6.45) is 10.9. The van der Waals surface area contributed by atoms with Crippen molar-refractivity contribution in [1.82, 2.24) is 31.2 Å². The number of ether oxygens (including phenoxy) is 2. The van der Waals surface area contributed by atoms with Crippen LogP contribution < -0.4 is 48.9 Å². The molecule has 4 aromatic rings. The molecule has 8 rings (SSSR count). The van der Waals surface area contributed by atoms with Crippen LogP contribution in [0, 0.1) is 11.8 Å². The molecule has 4 amide bonds. The van der Waals surface area contributed by atoms with Crippen LogP contribution in [0.3, 0.4) is 0 Å². The van der Waals surface area contributed by atoms with E-state index >= 15 is 0 Å². The van der Waals surface area contributed by atoms with Crippen LogP contribution in [0.1, 0.15) is 91.7 Å². The molecule has 4 heterocycles. The van der Waals surface area contributed by atoms with Gasteiger partial charge in [0.05, 0.1) is 54.3 Å². The Labute approximate surface area is 456 Å². The molecular weight excluding hydrogens is 1010 g/mol. The summed E-state index contributed by atoms with van der Waals surface area (Å²) in [4.78, 5) is 105. The molecule has 0 fully saturated rings. The minimum absolute atomic E-state index is 0.0520. The van der Waals surface area contributed by atoms with Crippen molar-refractivity contribution in [3.05, 3.63) is 165 Å². The Hall–Kier alpha value is -8.72. The zero-order chi connectivity index (χ0) is 55.5. The molecule has 78 heavy (non-hydrogen) atoms. The quantitative estimate of drug-likeness (QED) is 0.0190. The summed E-state index contributed by atoms with van der Waals surface area (Å²) in [5, 5.41) is 17.5. The maximum Gasteiger partial charge on any atom is 0.355 e. The first-order valence-electron chi connectivity index (χ1n) is 25.9. The summed E-state index contributed by atoms with van der Waals surface area (Å²) in [6.45, 7) is 4.96. The number of anilines is 1. The van der Waals surface area contributed by atoms with Gasteiger partial charge in [-0.05, 0) is 91.4 Å². The van der Waals surface area contributed by atoms with Gasteiger partial charge >= 0.3 is 11.9 Å². The molecule has 1 aliphatic carbocycles. The molecule has 4 aliphatic rings. The van der Waals surface area contributed by atoms with Gasteiger partial charge in [-0.3, -0.25) is 29.0 Å². The number of dihydropyridines is 1. The molecule has 10 N–H and O–H groups in total. The number of hydrogen-bond acceptors (Lipinski definition) is 12. The number of amides is 4. The van der Waals surface area contributed by atoms with Gasteiger partial charge in [-0.2, -0.15) is 0 Å². The third kappa shape index (κ3) is 13.1. The van der Waals surface area contributed by atoms with Gasteiger partial charge in [-0.25, -0.2) is 14.6 Å². The van der Waals surface area contributed by atoms with Crippen molar-refractivity contribution < 1.29 is 38.2 Å². The molecule has 0 saturated heterocycles. The topological polar surface area (TPSA) is 292 Å². The van der Waals surface area contributed by atoms with E-state index in [-0.39, 0.29) is 90.1 Å². The molecule has 3 aliphatic heterocycles. The SMILES string of the molecule is CC[C@@]1(OC(=O)[C@@H](NC(=O)[C@H](CCCCNC(=O)CC(NC(=O)CNC(=O)c2cccc(N=C(N)N)c2)c2ccccc2)NC(=S)Nc2ccccc2)C(C)C)C(=O)OCc2c1cc1n(c2=O)CC2=CC3C=CC=CC3N=C21. The van der Waals surface area contributed by atoms with Crippen LogP contribution in [-0.4, -0.2) is 88.1 Å². The number of allylic oxidation sites excluding steroid dienone is 3. The second-order valence-electron chi connectivity index (χ2n) is 19.6. The number of para-hydroxylation sites is 1. The van der Waals surface area contributed by atoms with Crippen LogP contribution in [0.5, 0.6) is 0 Å². The van der Waals surface area contributed by atoms with Crippen LogP contribution in [0.2, 0.25) is 0 Å². The Morgan fingerprint density at radius 3 is 2.37 bits per heavy atom. The Bertz CT molecular complexity index is 3190. The summed E-state index contributed by atoms with van der Waals surface area (Å²) >= 11 is 5.65. The largest absolute Gasteiger partial charge is 0.457 e. The molecule has 20 nitrogen and oxygen atoms in total. The number of carbonyl (C=O) groups excluding carboxylic acids is 6. The highest BCUT2D eigenvalue weighted by Crippen LogP contribution is 2.40. The smallest absolute Gasteiger partial charge is 0.355 e. The number of nitrogens with two attached hydrogens (primary N) is 2. The lowest BCUT2D eigenvalue weighted by molar-refractivity contribution is -0.191. The summed E-state index contributed by atoms with van der Waals surface area (Å²) in [5.74, 6) is -4.40. The number of cyclic esters (lactones) is 1. The van der Waals surface area contributed by atoms with Crippen LogP contribution in [0.25, 0.3) is 0 Å². The lowest BCUT2D eigenvalue weighted by Gasteiger charge is -2.37. The maximum absolute atomic E-state index is 14.5. The van der Waals surface area contributed by atoms with E-state index in [0.29, 0.717) is 47.7 Å². The normalized spacial score (nSPS) is 18.6. The van der Waals surface area contributed by atoms with Gasteiger partial charge in [0.15, 0.2) is 11.1 Å². The van der Waals surface area contributed by atoms with Crippen LogP contribution in [-0.2, 0) is 52.2 Å². The fraction of sp³-hybridized carbons (Fsp3) is 0.333. The Kier molecular flexibility index (Phi) is 17.8. The van der Waals surface area contributed by atoms with Crippen molar-refractivity contribution in [2.45, 2.75) is 95.8 Å². The minimum Gasteiger partial charge on any atom is -0.457 e. The third-order valence-corrected chi connectivity index (χ3v) is 14.0. The number of carbonyl (C=O) groups is 6. The number of guanidine groups is 1. The van der Waals surface area contributed by atoms with Crippen LogP contribution in [0.4, 0.5) is 11.4 Å². The first kappa shape index (κ1) is 55.5. The van der Waals surface area contributed by atoms with Crippen molar-refractivity contribution >= 4 is 75.9 Å². The lowest BCUT2D eigenvalue weighted by atomic mass is 9.84. The highest BCUT2D eigenvalue weighted by molar-refractivity contribution is 7.80. The minimum atomic E-state index is -2.01. The van der Waals surface area contributed by atoms with E-state index in [1.54, 1.807) is 86.0 Å². The molecule has 3 aromatic carbocycles. The van der Waals surface area contributed by atoms with Crippen molar-refractivity contribution in [3.8, 4) is 0 Å². The zero-order valence-corrected chi connectivity index (χ0v) is 44.3. The second kappa shape index (κ2) is 25.0. The number of pyridine rings is 1. The van der Waals surface area contributed by atoms with E-state index in [1.807, 2.05) is 42.5 Å². The first-order chi connectivity index (χ1) is 37.5. The Morgan fingerprint density at radius 2 is 1.64 bits per heavy atom. The first-order valence-corrected chi connectivity index (χ1v) is 26.3. The molecule has 0 saturated carbocycles. The summed E-state index contributed by atoms with van der Waals surface area (Å²) in [6, 6.07) is 22.9. The van der Waals surface area contributed by atoms with Gasteiger partial charge in [-0.1, -0.05) is 106 Å². The number of aromatic nitrogens is 1. The highest BCUT2D eigenvalue weighted by Gasteiger charge is 2.52. The van der Waals surface area contributed by atoms with Gasteiger partial charge in [0.25, 0.3) is 11.5 Å². The fourth-order valence-corrected chi connectivity index (χ4v) is 10.0. The predicted octanol–water partition coefficient (Wildman–Crippen LogP) is 4.27. The Balaban J connectivity index is 0.908. The van der Waals surface area contributed by atoms with E-state index in [9.17, 15) is 33.6 Å². The van der Waals surface area contributed by atoms with E-state index in [2.05, 4.69) is 49.0 Å². The number of fused-ring (bicyclic) bond motifs is 5. The molecule has 3 unspecified atom stereocenters. The molecule has 21 heteroatoms.